The molecule has 2 aromatic carbocycles. The van der Waals surface area contributed by atoms with Crippen molar-refractivity contribution in [3.63, 3.8) is 0 Å². The van der Waals surface area contributed by atoms with Gasteiger partial charge in [-0.1, -0.05) is 48.5 Å². The topological polar surface area (TPSA) is 118 Å². The van der Waals surface area contributed by atoms with Gasteiger partial charge in [0.05, 0.1) is 17.8 Å². The second-order valence-corrected chi connectivity index (χ2v) is 8.56. The van der Waals surface area contributed by atoms with Gasteiger partial charge in [0.2, 0.25) is 0 Å². The number of anilines is 1. The van der Waals surface area contributed by atoms with Gasteiger partial charge in [-0.3, -0.25) is 14.9 Å². The molecule has 2 aliphatic rings. The van der Waals surface area contributed by atoms with E-state index in [2.05, 4.69) is 39.9 Å². The number of fused-ring (bicyclic) bond motifs is 3. The Bertz CT molecular complexity index is 1210. The van der Waals surface area contributed by atoms with E-state index in [0.29, 0.717) is 18.5 Å². The summed E-state index contributed by atoms with van der Waals surface area (Å²) in [5.74, 6) is -1.65. The molecule has 34 heavy (non-hydrogen) atoms. The maximum atomic E-state index is 12.4. The average Bonchev–Trinajstić information content (AvgIpc) is 3.13. The third-order valence-corrected chi connectivity index (χ3v) is 6.41. The molecular weight excluding hydrogens is 434 g/mol. The molecule has 1 aromatic heterocycles. The number of hydrogen-bond acceptors (Lipinski definition) is 5. The van der Waals surface area contributed by atoms with E-state index in [1.54, 1.807) is 6.07 Å². The minimum Gasteiger partial charge on any atom is -0.481 e. The molecule has 0 unspecified atom stereocenters. The third-order valence-electron chi connectivity index (χ3n) is 6.41. The van der Waals surface area contributed by atoms with Gasteiger partial charge >= 0.3 is 12.1 Å². The number of carboxylic acid groups (broad SMARTS) is 1. The molecule has 8 nitrogen and oxygen atoms in total. The SMILES string of the molecule is O=C(Nc1ccc(C(=O)NC2CC(C(=O)O)C2)nc1)OCC1c2ccccc2-c2ccccc21. The number of nitrogens with zero attached hydrogens (tertiary/aromatic N) is 1. The second kappa shape index (κ2) is 8.97. The summed E-state index contributed by atoms with van der Waals surface area (Å²) in [4.78, 5) is 39.6. The van der Waals surface area contributed by atoms with Crippen molar-refractivity contribution in [3.05, 3.63) is 83.7 Å². The highest BCUT2D eigenvalue weighted by molar-refractivity contribution is 5.93. The molecule has 0 radical (unpaired) electrons. The number of benzene rings is 2. The molecule has 8 heteroatoms. The number of carbonyl (C=O) groups is 3. The Hall–Kier alpha value is -4.20. The van der Waals surface area contributed by atoms with Gasteiger partial charge in [-0.05, 0) is 47.2 Å². The lowest BCUT2D eigenvalue weighted by Crippen LogP contribution is -2.46. The Balaban J connectivity index is 1.15. The quantitative estimate of drug-likeness (QED) is 0.514. The van der Waals surface area contributed by atoms with Crippen molar-refractivity contribution in [2.75, 3.05) is 11.9 Å². The Kier molecular flexibility index (Phi) is 5.71. The third kappa shape index (κ3) is 4.22. The van der Waals surface area contributed by atoms with E-state index in [9.17, 15) is 14.4 Å². The first-order valence-corrected chi connectivity index (χ1v) is 11.1. The number of amides is 2. The fraction of sp³-hybridized carbons (Fsp3) is 0.231. The molecular formula is C26H23N3O5. The molecule has 5 rings (SSSR count). The Morgan fingerprint density at radius 1 is 0.941 bits per heavy atom. The van der Waals surface area contributed by atoms with E-state index in [1.807, 2.05) is 24.3 Å². The summed E-state index contributed by atoms with van der Waals surface area (Å²) >= 11 is 0. The number of ether oxygens (including phenoxy) is 1. The van der Waals surface area contributed by atoms with Crippen molar-refractivity contribution in [1.82, 2.24) is 10.3 Å². The summed E-state index contributed by atoms with van der Waals surface area (Å²) in [5.41, 5.74) is 5.18. The normalized spacial score (nSPS) is 18.2. The standard InChI is InChI=1S/C26H23N3O5/c30-24(28-17-11-15(12-17)25(31)32)23-10-9-16(13-27-23)29-26(33)34-14-22-20-7-3-1-5-18(20)19-6-2-4-8-21(19)22/h1-10,13,15,17,22H,11-12,14H2,(H,28,30)(H,29,33)(H,31,32). The highest BCUT2D eigenvalue weighted by Crippen LogP contribution is 2.44. The average molecular weight is 457 g/mol. The maximum absolute atomic E-state index is 12.4. The summed E-state index contributed by atoms with van der Waals surface area (Å²) in [7, 11) is 0. The van der Waals surface area contributed by atoms with Gasteiger partial charge in [0.1, 0.15) is 12.3 Å². The van der Waals surface area contributed by atoms with Crippen LogP contribution >= 0.6 is 0 Å². The molecule has 1 heterocycles. The van der Waals surface area contributed by atoms with Crippen molar-refractivity contribution < 1.29 is 24.2 Å². The van der Waals surface area contributed by atoms with Crippen LogP contribution in [0, 0.1) is 5.92 Å². The number of aliphatic carboxylic acids is 1. The van der Waals surface area contributed by atoms with Gasteiger partial charge in [-0.15, -0.1) is 0 Å². The highest BCUT2D eigenvalue weighted by Gasteiger charge is 2.35. The monoisotopic (exact) mass is 457 g/mol. The molecule has 0 bridgehead atoms. The fourth-order valence-corrected chi connectivity index (χ4v) is 4.55. The minimum absolute atomic E-state index is 0.0328. The molecule has 0 aliphatic heterocycles. The number of carbonyl (C=O) groups excluding carboxylic acids is 2. The zero-order valence-electron chi connectivity index (χ0n) is 18.2. The van der Waals surface area contributed by atoms with Crippen LogP contribution in [0.4, 0.5) is 10.5 Å². The largest absolute Gasteiger partial charge is 0.481 e. The molecule has 3 aromatic rings. The predicted molar refractivity (Wildman–Crippen MR) is 125 cm³/mol. The fourth-order valence-electron chi connectivity index (χ4n) is 4.55. The van der Waals surface area contributed by atoms with E-state index in [-0.39, 0.29) is 30.2 Å². The molecule has 172 valence electrons. The molecule has 1 saturated carbocycles. The molecule has 3 N–H and O–H groups in total. The zero-order valence-corrected chi connectivity index (χ0v) is 18.2. The van der Waals surface area contributed by atoms with Crippen LogP contribution in [0.1, 0.15) is 40.4 Å². The van der Waals surface area contributed by atoms with E-state index in [4.69, 9.17) is 9.84 Å². The summed E-state index contributed by atoms with van der Waals surface area (Å²) < 4.78 is 5.52. The lowest BCUT2D eigenvalue weighted by atomic mass is 9.80. The first-order chi connectivity index (χ1) is 16.5. The van der Waals surface area contributed by atoms with Crippen LogP contribution in [0.25, 0.3) is 11.1 Å². The Morgan fingerprint density at radius 3 is 2.18 bits per heavy atom. The number of hydrogen-bond donors (Lipinski definition) is 3. The number of carboxylic acids is 1. The molecule has 0 atom stereocenters. The summed E-state index contributed by atoms with van der Waals surface area (Å²) in [5, 5.41) is 14.3. The molecule has 0 spiro atoms. The Labute approximate surface area is 196 Å². The van der Waals surface area contributed by atoms with E-state index in [1.165, 1.54) is 12.3 Å². The number of nitrogens with one attached hydrogen (secondary N) is 2. The maximum Gasteiger partial charge on any atom is 0.411 e. The van der Waals surface area contributed by atoms with Crippen molar-refractivity contribution in [1.29, 1.82) is 0 Å². The van der Waals surface area contributed by atoms with Gasteiger partial charge in [-0.2, -0.15) is 0 Å². The molecule has 2 amide bonds. The van der Waals surface area contributed by atoms with Crippen LogP contribution in [0.5, 0.6) is 0 Å². The highest BCUT2D eigenvalue weighted by atomic mass is 16.5. The van der Waals surface area contributed by atoms with Gasteiger partial charge in [0.25, 0.3) is 5.91 Å². The summed E-state index contributed by atoms with van der Waals surface area (Å²) in [6.45, 7) is 0.201. The van der Waals surface area contributed by atoms with Crippen LogP contribution in [-0.2, 0) is 9.53 Å². The lowest BCUT2D eigenvalue weighted by molar-refractivity contribution is -0.145. The van der Waals surface area contributed by atoms with Gasteiger partial charge in [0, 0.05) is 12.0 Å². The summed E-state index contributed by atoms with van der Waals surface area (Å²) in [6, 6.07) is 19.2. The Morgan fingerprint density at radius 2 is 1.59 bits per heavy atom. The van der Waals surface area contributed by atoms with E-state index >= 15 is 0 Å². The smallest absolute Gasteiger partial charge is 0.411 e. The first-order valence-electron chi connectivity index (χ1n) is 11.1. The van der Waals surface area contributed by atoms with Crippen molar-refractivity contribution in [3.8, 4) is 11.1 Å². The van der Waals surface area contributed by atoms with Crippen LogP contribution in [0.2, 0.25) is 0 Å². The van der Waals surface area contributed by atoms with Crippen molar-refractivity contribution >= 4 is 23.7 Å². The number of rotatable bonds is 6. The van der Waals surface area contributed by atoms with E-state index in [0.717, 1.165) is 22.3 Å². The van der Waals surface area contributed by atoms with Crippen LogP contribution in [-0.4, -0.2) is 40.7 Å². The zero-order chi connectivity index (χ0) is 23.7. The van der Waals surface area contributed by atoms with Crippen LogP contribution < -0.4 is 10.6 Å². The van der Waals surface area contributed by atoms with Crippen LogP contribution in [0.15, 0.2) is 66.9 Å². The first kappa shape index (κ1) is 21.6. The molecule has 0 saturated heterocycles. The lowest BCUT2D eigenvalue weighted by Gasteiger charge is -2.32. The number of pyridine rings is 1. The van der Waals surface area contributed by atoms with Crippen molar-refractivity contribution in [2.24, 2.45) is 5.92 Å². The number of aromatic nitrogens is 1. The summed E-state index contributed by atoms with van der Waals surface area (Å²) in [6.07, 6.45) is 1.62. The minimum atomic E-state index is -0.840. The van der Waals surface area contributed by atoms with E-state index < -0.39 is 18.0 Å². The molecule has 1 fully saturated rings. The van der Waals surface area contributed by atoms with Gasteiger partial charge in [-0.25, -0.2) is 9.78 Å². The van der Waals surface area contributed by atoms with Gasteiger partial charge < -0.3 is 15.2 Å². The van der Waals surface area contributed by atoms with Crippen LogP contribution in [0.3, 0.4) is 0 Å². The van der Waals surface area contributed by atoms with Gasteiger partial charge in [0.15, 0.2) is 0 Å². The second-order valence-electron chi connectivity index (χ2n) is 8.56. The predicted octanol–water partition coefficient (Wildman–Crippen LogP) is 4.04. The van der Waals surface area contributed by atoms with Crippen molar-refractivity contribution in [2.45, 2.75) is 24.8 Å². The molecule has 2 aliphatic carbocycles.